The van der Waals surface area contributed by atoms with Gasteiger partial charge in [0.05, 0.1) is 17.6 Å². The average Bonchev–Trinajstić information content (AvgIpc) is 3.07. The van der Waals surface area contributed by atoms with Gasteiger partial charge in [0.2, 0.25) is 5.91 Å². The molecule has 2 aromatic carbocycles. The summed E-state index contributed by atoms with van der Waals surface area (Å²) >= 11 is 6.46. The molecule has 176 valence electrons. The fraction of sp³-hybridized carbons (Fsp3) is 0.174. The van der Waals surface area contributed by atoms with E-state index < -0.39 is 17.7 Å². The van der Waals surface area contributed by atoms with E-state index in [4.69, 9.17) is 17.3 Å². The number of thiocarbonyl (C=S) groups is 1. The smallest absolute Gasteiger partial charge is 0.339 e. The van der Waals surface area contributed by atoms with Crippen molar-refractivity contribution < 1.29 is 34.1 Å². The van der Waals surface area contributed by atoms with Crippen LogP contribution in [0.5, 0.6) is 5.75 Å². The number of carboxylic acid groups (broad SMARTS) is 1. The number of ether oxygens (including phenoxy) is 1. The summed E-state index contributed by atoms with van der Waals surface area (Å²) in [5, 5.41) is 21.2. The van der Waals surface area contributed by atoms with Gasteiger partial charge in [0.15, 0.2) is 0 Å². The van der Waals surface area contributed by atoms with Crippen molar-refractivity contribution in [2.24, 2.45) is 0 Å². The van der Waals surface area contributed by atoms with Crippen LogP contribution in [-0.2, 0) is 14.3 Å². The number of aromatic hydroxyl groups is 1. The zero-order valence-electron chi connectivity index (χ0n) is 17.9. The highest BCUT2D eigenvalue weighted by Gasteiger charge is 2.31. The molecular weight excluding hydrogens is 480 g/mol. The predicted octanol–water partition coefficient (Wildman–Crippen LogP) is 3.50. The second kappa shape index (κ2) is 10.9. The van der Waals surface area contributed by atoms with Crippen molar-refractivity contribution in [2.75, 3.05) is 19.0 Å². The number of thioether (sulfide) groups is 1. The number of carbonyl (C=O) groups excluding carboxylic acids is 3. The third kappa shape index (κ3) is 6.00. The number of hydrogen-bond acceptors (Lipinski definition) is 8. The first-order chi connectivity index (χ1) is 16.2. The molecule has 0 radical (unpaired) electrons. The molecule has 0 bridgehead atoms. The van der Waals surface area contributed by atoms with Crippen LogP contribution in [0.15, 0.2) is 47.4 Å². The molecule has 0 aliphatic carbocycles. The fourth-order valence-corrected chi connectivity index (χ4v) is 4.39. The summed E-state index contributed by atoms with van der Waals surface area (Å²) in [6, 6.07) is 10.3. The third-order valence-electron chi connectivity index (χ3n) is 4.80. The monoisotopic (exact) mass is 500 g/mol. The van der Waals surface area contributed by atoms with Crippen LogP contribution in [0.3, 0.4) is 0 Å². The van der Waals surface area contributed by atoms with Crippen molar-refractivity contribution in [3.05, 3.63) is 64.1 Å². The molecule has 2 amide bonds. The molecule has 3 rings (SSSR count). The average molecular weight is 501 g/mol. The zero-order valence-corrected chi connectivity index (χ0v) is 19.6. The van der Waals surface area contributed by atoms with Crippen molar-refractivity contribution >= 4 is 63.8 Å². The molecule has 0 aromatic heterocycles. The van der Waals surface area contributed by atoms with Gasteiger partial charge in [-0.1, -0.05) is 36.1 Å². The number of amides is 2. The van der Waals surface area contributed by atoms with Gasteiger partial charge in [0.25, 0.3) is 5.91 Å². The maximum Gasteiger partial charge on any atom is 0.339 e. The topological polar surface area (TPSA) is 133 Å². The molecule has 1 fully saturated rings. The first kappa shape index (κ1) is 24.9. The number of methoxy groups -OCH3 is 1. The molecular formula is C23H20N2O7S2. The van der Waals surface area contributed by atoms with E-state index in [1.165, 1.54) is 30.2 Å². The van der Waals surface area contributed by atoms with Crippen molar-refractivity contribution in [1.82, 2.24) is 4.90 Å². The van der Waals surface area contributed by atoms with Crippen LogP contribution in [0.2, 0.25) is 0 Å². The Labute approximate surface area is 204 Å². The van der Waals surface area contributed by atoms with Gasteiger partial charge in [-0.3, -0.25) is 14.5 Å². The number of benzene rings is 2. The molecule has 0 saturated carbocycles. The number of esters is 1. The van der Waals surface area contributed by atoms with E-state index in [1.807, 2.05) is 0 Å². The molecule has 2 aromatic rings. The highest BCUT2D eigenvalue weighted by atomic mass is 32.2. The molecule has 0 atom stereocenters. The van der Waals surface area contributed by atoms with E-state index in [1.54, 1.807) is 30.3 Å². The lowest BCUT2D eigenvalue weighted by molar-refractivity contribution is -0.122. The first-order valence-corrected chi connectivity index (χ1v) is 11.2. The van der Waals surface area contributed by atoms with Gasteiger partial charge in [0, 0.05) is 18.7 Å². The first-order valence-electron chi connectivity index (χ1n) is 9.99. The molecule has 1 aliphatic rings. The Kier molecular flexibility index (Phi) is 8.03. The molecule has 11 heteroatoms. The minimum atomic E-state index is -1.31. The Balaban J connectivity index is 1.55. The van der Waals surface area contributed by atoms with Crippen molar-refractivity contribution in [3.63, 3.8) is 0 Å². The van der Waals surface area contributed by atoms with Crippen molar-refractivity contribution in [3.8, 4) is 5.75 Å². The molecule has 0 spiro atoms. The van der Waals surface area contributed by atoms with Gasteiger partial charge >= 0.3 is 11.9 Å². The lowest BCUT2D eigenvalue weighted by Crippen LogP contribution is -2.29. The third-order valence-corrected chi connectivity index (χ3v) is 6.18. The lowest BCUT2D eigenvalue weighted by atomic mass is 10.1. The Morgan fingerprint density at radius 2 is 1.88 bits per heavy atom. The minimum Gasteiger partial charge on any atom is -0.507 e. The highest BCUT2D eigenvalue weighted by molar-refractivity contribution is 8.26. The van der Waals surface area contributed by atoms with Crippen LogP contribution in [0.25, 0.3) is 6.08 Å². The van der Waals surface area contributed by atoms with Gasteiger partial charge in [0.1, 0.15) is 15.6 Å². The highest BCUT2D eigenvalue weighted by Crippen LogP contribution is 2.32. The summed E-state index contributed by atoms with van der Waals surface area (Å²) in [6.07, 6.45) is 2.09. The molecule has 1 aliphatic heterocycles. The normalized spacial score (nSPS) is 14.4. The summed E-state index contributed by atoms with van der Waals surface area (Å²) in [4.78, 5) is 49.4. The minimum absolute atomic E-state index is 0.0778. The van der Waals surface area contributed by atoms with Crippen molar-refractivity contribution in [2.45, 2.75) is 12.8 Å². The van der Waals surface area contributed by atoms with Gasteiger partial charge in [-0.25, -0.2) is 9.59 Å². The van der Waals surface area contributed by atoms with Crippen LogP contribution in [0, 0.1) is 0 Å². The van der Waals surface area contributed by atoms with Gasteiger partial charge in [-0.15, -0.1) is 0 Å². The zero-order chi connectivity index (χ0) is 24.8. The van der Waals surface area contributed by atoms with E-state index in [-0.39, 0.29) is 36.0 Å². The Bertz CT molecular complexity index is 1190. The van der Waals surface area contributed by atoms with E-state index in [0.29, 0.717) is 21.2 Å². The Morgan fingerprint density at radius 3 is 2.53 bits per heavy atom. The molecule has 0 unspecified atom stereocenters. The van der Waals surface area contributed by atoms with E-state index in [2.05, 4.69) is 10.1 Å². The van der Waals surface area contributed by atoms with Gasteiger partial charge in [-0.05, 0) is 48.4 Å². The molecule has 34 heavy (non-hydrogen) atoms. The van der Waals surface area contributed by atoms with Crippen molar-refractivity contribution in [1.29, 1.82) is 0 Å². The number of nitrogens with zero attached hydrogens (tertiary/aromatic N) is 1. The quantitative estimate of drug-likeness (QED) is 0.215. The maximum atomic E-state index is 12.7. The van der Waals surface area contributed by atoms with Crippen LogP contribution < -0.4 is 5.32 Å². The Morgan fingerprint density at radius 1 is 1.18 bits per heavy atom. The van der Waals surface area contributed by atoms with Crippen LogP contribution in [0.1, 0.15) is 39.1 Å². The van der Waals surface area contributed by atoms with Gasteiger partial charge in [-0.2, -0.15) is 0 Å². The number of hydrogen-bond donors (Lipinski definition) is 3. The molecule has 9 nitrogen and oxygen atoms in total. The second-order valence-corrected chi connectivity index (χ2v) is 8.81. The second-order valence-electron chi connectivity index (χ2n) is 7.14. The van der Waals surface area contributed by atoms with E-state index in [9.17, 15) is 24.3 Å². The summed E-state index contributed by atoms with van der Waals surface area (Å²) in [7, 11) is 1.30. The fourth-order valence-electron chi connectivity index (χ4n) is 3.08. The van der Waals surface area contributed by atoms with Crippen LogP contribution >= 0.6 is 24.0 Å². The number of phenols is 1. The predicted molar refractivity (Wildman–Crippen MR) is 131 cm³/mol. The molecule has 3 N–H and O–H groups in total. The van der Waals surface area contributed by atoms with E-state index >= 15 is 0 Å². The summed E-state index contributed by atoms with van der Waals surface area (Å²) < 4.78 is 5.05. The number of rotatable bonds is 8. The number of nitrogens with one attached hydrogen (secondary N) is 1. The lowest BCUT2D eigenvalue weighted by Gasteiger charge is -2.14. The van der Waals surface area contributed by atoms with E-state index in [0.717, 1.165) is 17.3 Å². The summed E-state index contributed by atoms with van der Waals surface area (Å²) in [5.74, 6) is -2.79. The maximum absolute atomic E-state index is 12.7. The van der Waals surface area contributed by atoms with Crippen LogP contribution in [0.4, 0.5) is 5.69 Å². The molecule has 1 saturated heterocycles. The summed E-state index contributed by atoms with van der Waals surface area (Å²) in [6.45, 7) is 0.243. The Hall–Kier alpha value is -3.70. The SMILES string of the molecule is COC(=O)c1ccc(/C=C2\SC(=S)N(CCCC(=O)Nc3ccc(O)c(C(=O)O)c3)C2=O)cc1. The number of carbonyl (C=O) groups is 4. The number of carboxylic acids is 1. The molecule has 1 heterocycles. The summed E-state index contributed by atoms with van der Waals surface area (Å²) in [5.41, 5.74) is 1.05. The number of aromatic carboxylic acids is 1. The standard InChI is InChI=1S/C23H20N2O7S2/c1-32-22(31)14-6-4-13(5-7-14)11-18-20(28)25(23(33)34-18)10-2-3-19(27)24-15-8-9-17(26)16(12-15)21(29)30/h4-9,11-12,26H,2-3,10H2,1H3,(H,24,27)(H,29,30)/b18-11-. The number of anilines is 1. The largest absolute Gasteiger partial charge is 0.507 e. The van der Waals surface area contributed by atoms with Gasteiger partial charge < -0.3 is 20.3 Å². The van der Waals surface area contributed by atoms with Crippen LogP contribution in [-0.4, -0.2) is 56.8 Å².